The Morgan fingerprint density at radius 2 is 1.87 bits per heavy atom. The second kappa shape index (κ2) is 7.62. The third-order valence-electron chi connectivity index (χ3n) is 2.39. The maximum Gasteiger partial charge on any atom is 0.320 e. The Labute approximate surface area is 91.2 Å². The molecular formula is C10H23N3O2. The Morgan fingerprint density at radius 1 is 1.40 bits per heavy atom. The molecule has 1 aliphatic heterocycles. The lowest BCUT2D eigenvalue weighted by Gasteiger charge is -2.17. The molecule has 0 unspecified atom stereocenters. The van der Waals surface area contributed by atoms with Crippen LogP contribution in [-0.4, -0.2) is 36.2 Å². The SMILES string of the molecule is CC(C)[C@H](N)C(=O)O.NC1CCNCC1. The van der Waals surface area contributed by atoms with Gasteiger partial charge in [0.1, 0.15) is 6.04 Å². The predicted octanol–water partition coefficient (Wildman–Crippen LogP) is -0.249. The van der Waals surface area contributed by atoms with Crippen LogP contribution in [-0.2, 0) is 4.79 Å². The zero-order valence-electron chi connectivity index (χ0n) is 9.57. The fourth-order valence-electron chi connectivity index (χ4n) is 1.13. The van der Waals surface area contributed by atoms with Crippen LogP contribution < -0.4 is 16.8 Å². The smallest absolute Gasteiger partial charge is 0.320 e. The summed E-state index contributed by atoms with van der Waals surface area (Å²) in [5, 5.41) is 11.5. The number of carboxylic acids is 1. The highest BCUT2D eigenvalue weighted by Gasteiger charge is 2.14. The molecule has 0 bridgehead atoms. The normalized spacial score (nSPS) is 19.3. The first kappa shape index (κ1) is 14.3. The number of nitrogens with two attached hydrogens (primary N) is 2. The predicted molar refractivity (Wildman–Crippen MR) is 60.5 cm³/mol. The molecular weight excluding hydrogens is 194 g/mol. The van der Waals surface area contributed by atoms with Gasteiger partial charge in [0, 0.05) is 6.04 Å². The van der Waals surface area contributed by atoms with E-state index in [0.29, 0.717) is 6.04 Å². The minimum absolute atomic E-state index is 0.0208. The van der Waals surface area contributed by atoms with Crippen molar-refractivity contribution in [2.75, 3.05) is 13.1 Å². The molecule has 5 heteroatoms. The average molecular weight is 217 g/mol. The summed E-state index contributed by atoms with van der Waals surface area (Å²) in [6, 6.07) is -0.240. The fourth-order valence-corrected chi connectivity index (χ4v) is 1.13. The van der Waals surface area contributed by atoms with Gasteiger partial charge in [-0.05, 0) is 31.8 Å². The number of aliphatic carboxylic acids is 1. The molecule has 0 aromatic rings. The van der Waals surface area contributed by atoms with Gasteiger partial charge in [-0.15, -0.1) is 0 Å². The molecule has 0 aromatic heterocycles. The first-order chi connectivity index (χ1) is 6.95. The number of hydrogen-bond acceptors (Lipinski definition) is 4. The van der Waals surface area contributed by atoms with E-state index in [2.05, 4.69) is 5.32 Å². The third kappa shape index (κ3) is 7.30. The lowest BCUT2D eigenvalue weighted by Crippen LogP contribution is -2.35. The molecule has 1 rings (SSSR count). The molecule has 1 fully saturated rings. The minimum atomic E-state index is -0.931. The van der Waals surface area contributed by atoms with E-state index >= 15 is 0 Å². The van der Waals surface area contributed by atoms with Gasteiger partial charge >= 0.3 is 5.97 Å². The topological polar surface area (TPSA) is 101 Å². The lowest BCUT2D eigenvalue weighted by atomic mass is 10.1. The zero-order valence-corrected chi connectivity index (χ0v) is 9.57. The van der Waals surface area contributed by atoms with Crippen molar-refractivity contribution in [2.24, 2.45) is 17.4 Å². The molecule has 90 valence electrons. The van der Waals surface area contributed by atoms with Crippen molar-refractivity contribution in [3.05, 3.63) is 0 Å². The summed E-state index contributed by atoms with van der Waals surface area (Å²) in [6.45, 7) is 5.78. The van der Waals surface area contributed by atoms with E-state index in [1.165, 1.54) is 0 Å². The molecule has 1 heterocycles. The second-order valence-corrected chi connectivity index (χ2v) is 4.20. The van der Waals surface area contributed by atoms with Gasteiger partial charge < -0.3 is 21.9 Å². The van der Waals surface area contributed by atoms with E-state index in [0.717, 1.165) is 25.9 Å². The van der Waals surface area contributed by atoms with Crippen LogP contribution in [0.4, 0.5) is 0 Å². The number of hydrogen-bond donors (Lipinski definition) is 4. The van der Waals surface area contributed by atoms with E-state index in [4.69, 9.17) is 16.6 Å². The summed E-state index contributed by atoms with van der Waals surface area (Å²) >= 11 is 0. The molecule has 1 atom stereocenters. The van der Waals surface area contributed by atoms with Gasteiger partial charge in [0.25, 0.3) is 0 Å². The van der Waals surface area contributed by atoms with E-state index in [-0.39, 0.29) is 5.92 Å². The van der Waals surface area contributed by atoms with Gasteiger partial charge in [0.05, 0.1) is 0 Å². The number of rotatable bonds is 2. The summed E-state index contributed by atoms with van der Waals surface area (Å²) in [7, 11) is 0. The first-order valence-electron chi connectivity index (χ1n) is 5.39. The van der Waals surface area contributed by atoms with Crippen LogP contribution in [0.15, 0.2) is 0 Å². The van der Waals surface area contributed by atoms with Crippen LogP contribution in [0, 0.1) is 5.92 Å². The van der Waals surface area contributed by atoms with Gasteiger partial charge in [-0.1, -0.05) is 13.8 Å². The summed E-state index contributed by atoms with van der Waals surface area (Å²) in [5.41, 5.74) is 10.8. The zero-order chi connectivity index (χ0) is 11.8. The van der Waals surface area contributed by atoms with E-state index < -0.39 is 12.0 Å². The molecule has 0 aromatic carbocycles. The minimum Gasteiger partial charge on any atom is -0.480 e. The Bertz CT molecular complexity index is 180. The Morgan fingerprint density at radius 3 is 2.00 bits per heavy atom. The third-order valence-corrected chi connectivity index (χ3v) is 2.39. The largest absolute Gasteiger partial charge is 0.480 e. The van der Waals surface area contributed by atoms with Gasteiger partial charge in [0.2, 0.25) is 0 Å². The van der Waals surface area contributed by atoms with Crippen molar-refractivity contribution in [1.29, 1.82) is 0 Å². The van der Waals surface area contributed by atoms with E-state index in [9.17, 15) is 4.79 Å². The second-order valence-electron chi connectivity index (χ2n) is 4.20. The molecule has 5 nitrogen and oxygen atoms in total. The Hall–Kier alpha value is -0.650. The van der Waals surface area contributed by atoms with Crippen molar-refractivity contribution in [1.82, 2.24) is 5.32 Å². The molecule has 0 amide bonds. The van der Waals surface area contributed by atoms with Crippen LogP contribution in [0.5, 0.6) is 0 Å². The molecule has 0 saturated carbocycles. The van der Waals surface area contributed by atoms with Crippen molar-refractivity contribution >= 4 is 5.97 Å². The summed E-state index contributed by atoms with van der Waals surface area (Å²) in [6.07, 6.45) is 2.31. The highest BCUT2D eigenvalue weighted by molar-refractivity contribution is 5.73. The van der Waals surface area contributed by atoms with Crippen LogP contribution in [0.3, 0.4) is 0 Å². The molecule has 15 heavy (non-hydrogen) atoms. The number of nitrogens with one attached hydrogen (secondary N) is 1. The van der Waals surface area contributed by atoms with Gasteiger partial charge in [-0.3, -0.25) is 4.79 Å². The van der Waals surface area contributed by atoms with Crippen molar-refractivity contribution in [3.63, 3.8) is 0 Å². The summed E-state index contributed by atoms with van der Waals surface area (Å²) in [5.74, 6) is -0.910. The van der Waals surface area contributed by atoms with Gasteiger partial charge in [0.15, 0.2) is 0 Å². The van der Waals surface area contributed by atoms with Crippen molar-refractivity contribution in [3.8, 4) is 0 Å². The molecule has 0 aliphatic carbocycles. The molecule has 0 radical (unpaired) electrons. The quantitative estimate of drug-likeness (QED) is 0.511. The van der Waals surface area contributed by atoms with Crippen LogP contribution in [0.25, 0.3) is 0 Å². The standard InChI is InChI=1S/C5H12N2.C5H11NO2/c6-5-1-3-7-4-2-5;1-3(2)4(6)5(7)8/h5,7H,1-4,6H2;3-4H,6H2,1-2H3,(H,7,8)/t;4-/m.0/s1. The van der Waals surface area contributed by atoms with E-state index in [1.807, 2.05) is 0 Å². The highest BCUT2D eigenvalue weighted by atomic mass is 16.4. The average Bonchev–Trinajstić information content (AvgIpc) is 2.18. The number of carbonyl (C=O) groups is 1. The summed E-state index contributed by atoms with van der Waals surface area (Å²) in [4.78, 5) is 10.0. The van der Waals surface area contributed by atoms with Crippen LogP contribution in [0.1, 0.15) is 26.7 Å². The van der Waals surface area contributed by atoms with Crippen LogP contribution >= 0.6 is 0 Å². The molecule has 6 N–H and O–H groups in total. The first-order valence-corrected chi connectivity index (χ1v) is 5.39. The van der Waals surface area contributed by atoms with E-state index in [1.54, 1.807) is 13.8 Å². The number of carboxylic acid groups (broad SMARTS) is 1. The van der Waals surface area contributed by atoms with Gasteiger partial charge in [-0.2, -0.15) is 0 Å². The van der Waals surface area contributed by atoms with Gasteiger partial charge in [-0.25, -0.2) is 0 Å². The lowest BCUT2D eigenvalue weighted by molar-refractivity contribution is -0.139. The van der Waals surface area contributed by atoms with Crippen molar-refractivity contribution < 1.29 is 9.90 Å². The molecule has 0 spiro atoms. The Balaban J connectivity index is 0.000000262. The maximum absolute atomic E-state index is 10.0. The molecule has 1 aliphatic rings. The maximum atomic E-state index is 10.0. The fraction of sp³-hybridized carbons (Fsp3) is 0.900. The molecule has 1 saturated heterocycles. The monoisotopic (exact) mass is 217 g/mol. The van der Waals surface area contributed by atoms with Crippen LogP contribution in [0.2, 0.25) is 0 Å². The highest BCUT2D eigenvalue weighted by Crippen LogP contribution is 1.96. The number of piperidine rings is 1. The Kier molecular flexibility index (Phi) is 7.29. The summed E-state index contributed by atoms with van der Waals surface area (Å²) < 4.78 is 0. The van der Waals surface area contributed by atoms with Crippen molar-refractivity contribution in [2.45, 2.75) is 38.8 Å².